The second-order valence-corrected chi connectivity index (χ2v) is 7.05. The smallest absolute Gasteiger partial charge is 0.235 e. The number of ether oxygens (including phenoxy) is 1. The van der Waals surface area contributed by atoms with Crippen LogP contribution in [0.15, 0.2) is 46.9 Å². The van der Waals surface area contributed by atoms with E-state index in [-0.39, 0.29) is 17.9 Å². The van der Waals surface area contributed by atoms with Crippen molar-refractivity contribution >= 4 is 21.8 Å². The second kappa shape index (κ2) is 5.68. The molecule has 4 heteroatoms. The number of carbonyl (C=O) groups excluding carboxylic acids is 1. The van der Waals surface area contributed by atoms with Gasteiger partial charge in [0.05, 0.1) is 19.1 Å². The number of fused-ring (bicyclic) bond motifs is 3. The van der Waals surface area contributed by atoms with E-state index in [9.17, 15) is 4.79 Å². The summed E-state index contributed by atoms with van der Waals surface area (Å²) >= 11 is 3.47. The summed E-state index contributed by atoms with van der Waals surface area (Å²) in [5, 5.41) is 0. The lowest BCUT2D eigenvalue weighted by Crippen LogP contribution is -2.40. The summed E-state index contributed by atoms with van der Waals surface area (Å²) in [4.78, 5) is 15.2. The van der Waals surface area contributed by atoms with E-state index in [1.807, 2.05) is 36.4 Å². The van der Waals surface area contributed by atoms with Crippen LogP contribution in [-0.4, -0.2) is 24.5 Å². The lowest BCUT2D eigenvalue weighted by molar-refractivity contribution is -0.133. The van der Waals surface area contributed by atoms with Crippen molar-refractivity contribution in [2.24, 2.45) is 0 Å². The first-order valence-electron chi connectivity index (χ1n) is 7.93. The van der Waals surface area contributed by atoms with Gasteiger partial charge in [0.25, 0.3) is 0 Å². The number of methoxy groups -OCH3 is 1. The van der Waals surface area contributed by atoms with E-state index in [4.69, 9.17) is 4.74 Å². The van der Waals surface area contributed by atoms with Crippen molar-refractivity contribution in [1.82, 2.24) is 4.90 Å². The van der Waals surface area contributed by atoms with Gasteiger partial charge in [-0.15, -0.1) is 0 Å². The summed E-state index contributed by atoms with van der Waals surface area (Å²) in [6.45, 7) is 0.854. The van der Waals surface area contributed by atoms with E-state index in [2.05, 4.69) is 26.9 Å². The van der Waals surface area contributed by atoms with Gasteiger partial charge in [0.2, 0.25) is 5.91 Å². The summed E-state index contributed by atoms with van der Waals surface area (Å²) < 4.78 is 6.62. The van der Waals surface area contributed by atoms with Crippen molar-refractivity contribution in [3.8, 4) is 5.75 Å². The third-order valence-corrected chi connectivity index (χ3v) is 5.48. The monoisotopic (exact) mass is 371 g/mol. The highest BCUT2D eigenvalue weighted by molar-refractivity contribution is 9.10. The highest BCUT2D eigenvalue weighted by Gasteiger charge is 2.43. The molecule has 2 aliphatic heterocycles. The van der Waals surface area contributed by atoms with Gasteiger partial charge in [0, 0.05) is 16.6 Å². The fourth-order valence-electron chi connectivity index (χ4n) is 3.95. The van der Waals surface area contributed by atoms with Gasteiger partial charge < -0.3 is 9.64 Å². The molecule has 0 spiro atoms. The number of hydrogen-bond donors (Lipinski definition) is 0. The highest BCUT2D eigenvalue weighted by atomic mass is 79.9. The third-order valence-electron chi connectivity index (χ3n) is 4.95. The van der Waals surface area contributed by atoms with Gasteiger partial charge in [-0.1, -0.05) is 40.2 Å². The molecule has 0 unspecified atom stereocenters. The molecule has 2 aromatic carbocycles. The van der Waals surface area contributed by atoms with Crippen molar-refractivity contribution in [3.63, 3.8) is 0 Å². The average molecular weight is 372 g/mol. The van der Waals surface area contributed by atoms with E-state index in [0.29, 0.717) is 0 Å². The molecule has 0 N–H and O–H groups in total. The van der Waals surface area contributed by atoms with Crippen molar-refractivity contribution in [2.45, 2.75) is 24.8 Å². The van der Waals surface area contributed by atoms with Gasteiger partial charge >= 0.3 is 0 Å². The number of halogens is 1. The van der Waals surface area contributed by atoms with Crippen LogP contribution in [0, 0.1) is 0 Å². The predicted molar refractivity (Wildman–Crippen MR) is 92.7 cm³/mol. The fraction of sp³-hybridized carbons (Fsp3) is 0.316. The third kappa shape index (κ3) is 2.27. The fourth-order valence-corrected chi connectivity index (χ4v) is 4.21. The Balaban J connectivity index is 1.93. The van der Waals surface area contributed by atoms with Crippen LogP contribution < -0.4 is 4.74 Å². The Morgan fingerprint density at radius 1 is 1.17 bits per heavy atom. The molecule has 1 amide bonds. The molecular weight excluding hydrogens is 354 g/mol. The molecule has 3 nitrogen and oxygen atoms in total. The van der Waals surface area contributed by atoms with Crippen LogP contribution in [-0.2, 0) is 4.79 Å². The molecule has 23 heavy (non-hydrogen) atoms. The molecule has 0 radical (unpaired) electrons. The van der Waals surface area contributed by atoms with Crippen molar-refractivity contribution in [1.29, 1.82) is 0 Å². The molecule has 2 aromatic rings. The molecule has 0 aromatic heterocycles. The van der Waals surface area contributed by atoms with Gasteiger partial charge in [-0.05, 0) is 42.2 Å². The van der Waals surface area contributed by atoms with Gasteiger partial charge in [-0.2, -0.15) is 0 Å². The molecule has 0 saturated carbocycles. The highest BCUT2D eigenvalue weighted by Crippen LogP contribution is 2.48. The largest absolute Gasteiger partial charge is 0.496 e. The Hall–Kier alpha value is -1.81. The van der Waals surface area contributed by atoms with Crippen LogP contribution >= 0.6 is 15.9 Å². The first kappa shape index (κ1) is 14.8. The van der Waals surface area contributed by atoms with Crippen LogP contribution in [0.5, 0.6) is 5.75 Å². The number of amides is 1. The molecule has 2 atom stereocenters. The lowest BCUT2D eigenvalue weighted by atomic mass is 9.80. The number of nitrogens with zero attached hydrogens (tertiary/aromatic N) is 1. The first-order valence-corrected chi connectivity index (χ1v) is 8.72. The Morgan fingerprint density at radius 2 is 1.96 bits per heavy atom. The number of hydrogen-bond acceptors (Lipinski definition) is 2. The summed E-state index contributed by atoms with van der Waals surface area (Å²) in [5.74, 6) is 0.741. The van der Waals surface area contributed by atoms with Crippen LogP contribution in [0.3, 0.4) is 0 Å². The van der Waals surface area contributed by atoms with Crippen LogP contribution in [0.4, 0.5) is 0 Å². The summed E-state index contributed by atoms with van der Waals surface area (Å²) in [7, 11) is 1.68. The Kier molecular flexibility index (Phi) is 3.64. The van der Waals surface area contributed by atoms with Gasteiger partial charge in [0.15, 0.2) is 0 Å². The molecule has 0 aliphatic carbocycles. The van der Waals surface area contributed by atoms with Crippen LogP contribution in [0.1, 0.15) is 41.5 Å². The lowest BCUT2D eigenvalue weighted by Gasteiger charge is -2.37. The predicted octanol–water partition coefficient (Wildman–Crippen LogP) is 4.27. The zero-order valence-electron chi connectivity index (χ0n) is 13.0. The van der Waals surface area contributed by atoms with Gasteiger partial charge in [-0.25, -0.2) is 0 Å². The van der Waals surface area contributed by atoms with Crippen LogP contribution in [0.2, 0.25) is 0 Å². The molecule has 2 aliphatic rings. The molecule has 2 heterocycles. The quantitative estimate of drug-likeness (QED) is 0.788. The standard InChI is InChI=1S/C19H18BrNO2/c1-23-16-6-2-4-14-15-5-3-11-21(15)19(22)17(18(14)16)12-7-9-13(20)10-8-12/h2,4,6-10,15,17H,3,5,11H2,1H3/t15-,17-/m0/s1. The van der Waals surface area contributed by atoms with E-state index < -0.39 is 0 Å². The summed E-state index contributed by atoms with van der Waals surface area (Å²) in [6, 6.07) is 14.4. The van der Waals surface area contributed by atoms with Crippen molar-refractivity contribution in [3.05, 3.63) is 63.6 Å². The molecule has 4 rings (SSSR count). The topological polar surface area (TPSA) is 29.5 Å². The van der Waals surface area contributed by atoms with Crippen molar-refractivity contribution < 1.29 is 9.53 Å². The maximum Gasteiger partial charge on any atom is 0.235 e. The molecule has 0 bridgehead atoms. The summed E-state index contributed by atoms with van der Waals surface area (Å²) in [5.41, 5.74) is 3.31. The van der Waals surface area contributed by atoms with Crippen molar-refractivity contribution in [2.75, 3.05) is 13.7 Å². The van der Waals surface area contributed by atoms with E-state index >= 15 is 0 Å². The van der Waals surface area contributed by atoms with Crippen LogP contribution in [0.25, 0.3) is 0 Å². The number of benzene rings is 2. The van der Waals surface area contributed by atoms with E-state index in [1.54, 1.807) is 7.11 Å². The van der Waals surface area contributed by atoms with Gasteiger partial charge in [-0.3, -0.25) is 4.79 Å². The van der Waals surface area contributed by atoms with E-state index in [0.717, 1.165) is 40.7 Å². The Labute approximate surface area is 144 Å². The Bertz CT molecular complexity index is 756. The molecule has 118 valence electrons. The second-order valence-electron chi connectivity index (χ2n) is 6.14. The Morgan fingerprint density at radius 3 is 2.70 bits per heavy atom. The molecule has 1 fully saturated rings. The molecular formula is C19H18BrNO2. The van der Waals surface area contributed by atoms with E-state index in [1.165, 1.54) is 5.56 Å². The summed E-state index contributed by atoms with van der Waals surface area (Å²) in [6.07, 6.45) is 2.11. The average Bonchev–Trinajstić information content (AvgIpc) is 3.06. The normalized spacial score (nSPS) is 22.7. The molecule has 1 saturated heterocycles. The number of carbonyl (C=O) groups is 1. The minimum atomic E-state index is -0.274. The maximum absolute atomic E-state index is 13.2. The zero-order chi connectivity index (χ0) is 16.0. The zero-order valence-corrected chi connectivity index (χ0v) is 14.5. The SMILES string of the molecule is COc1cccc2c1[C@H](c1ccc(Br)cc1)C(=O)N1CCC[C@@H]21. The number of rotatable bonds is 2. The van der Waals surface area contributed by atoms with Gasteiger partial charge in [0.1, 0.15) is 5.75 Å². The minimum absolute atomic E-state index is 0.201. The minimum Gasteiger partial charge on any atom is -0.496 e. The maximum atomic E-state index is 13.2. The first-order chi connectivity index (χ1) is 11.2.